The van der Waals surface area contributed by atoms with Gasteiger partial charge in [0.2, 0.25) is 0 Å². The molecule has 1 unspecified atom stereocenters. The fraction of sp³-hybridized carbons (Fsp3) is 0.278. The summed E-state index contributed by atoms with van der Waals surface area (Å²) in [6.07, 6.45) is 3.34. The number of para-hydroxylation sites is 2. The van der Waals surface area contributed by atoms with Crippen LogP contribution in [0.4, 0.5) is 0 Å². The number of ether oxygens (including phenoxy) is 1. The molecule has 1 aromatic carbocycles. The topological polar surface area (TPSA) is 67.9 Å². The maximum absolute atomic E-state index is 11.6. The van der Waals surface area contributed by atoms with Crippen LogP contribution in [0, 0.1) is 6.92 Å². The Morgan fingerprint density at radius 3 is 2.92 bits per heavy atom. The lowest BCUT2D eigenvalue weighted by atomic mass is 9.85. The molecule has 5 nitrogen and oxygen atoms in total. The molecule has 0 radical (unpaired) electrons. The van der Waals surface area contributed by atoms with Gasteiger partial charge in [0.05, 0.1) is 51.4 Å². The molecule has 3 aromatic rings. The summed E-state index contributed by atoms with van der Waals surface area (Å²) in [4.78, 5) is 13.6. The molecule has 0 saturated heterocycles. The highest BCUT2D eigenvalue weighted by Gasteiger charge is 2.32. The van der Waals surface area contributed by atoms with E-state index < -0.39 is 0 Å². The highest BCUT2D eigenvalue weighted by molar-refractivity contribution is 7.67. The van der Waals surface area contributed by atoms with Gasteiger partial charge >= 0.3 is 0 Å². The van der Waals surface area contributed by atoms with Crippen LogP contribution in [0.2, 0.25) is 0 Å². The fourth-order valence-corrected chi connectivity index (χ4v) is 3.91. The largest absolute Gasteiger partial charge is 0.496 e. The summed E-state index contributed by atoms with van der Waals surface area (Å²) in [7, 11) is 1.64. The predicted octanol–water partition coefficient (Wildman–Crippen LogP) is 2.93. The minimum Gasteiger partial charge on any atom is -0.496 e. The second-order valence-corrected chi connectivity index (χ2v) is 6.63. The molecule has 0 aliphatic heterocycles. The quantitative estimate of drug-likeness (QED) is 0.729. The Kier molecular flexibility index (Phi) is 3.69. The highest BCUT2D eigenvalue weighted by Crippen LogP contribution is 2.39. The number of H-pyrrole nitrogens is 1. The molecule has 24 heavy (non-hydrogen) atoms. The zero-order valence-corrected chi connectivity index (χ0v) is 14.3. The van der Waals surface area contributed by atoms with Crippen LogP contribution in [0.3, 0.4) is 0 Å². The van der Waals surface area contributed by atoms with Crippen LogP contribution in [0.1, 0.15) is 41.4 Å². The van der Waals surface area contributed by atoms with Crippen molar-refractivity contribution in [2.24, 2.45) is 0 Å². The molecule has 0 bridgehead atoms. The molecule has 4 rings (SSSR count). The molecule has 1 atom stereocenters. The van der Waals surface area contributed by atoms with Crippen LogP contribution in [0.5, 0.6) is 5.75 Å². The molecular formula is C18H17N3O2S. The molecule has 122 valence electrons. The molecule has 6 heteroatoms. The summed E-state index contributed by atoms with van der Waals surface area (Å²) in [6.45, 7) is 1.95. The van der Waals surface area contributed by atoms with E-state index in [9.17, 15) is 4.21 Å². The van der Waals surface area contributed by atoms with Gasteiger partial charge in [-0.15, -0.1) is 0 Å². The molecule has 0 spiro atoms. The van der Waals surface area contributed by atoms with E-state index in [1.807, 2.05) is 37.4 Å². The van der Waals surface area contributed by atoms with Crippen molar-refractivity contribution >= 4 is 27.2 Å². The van der Waals surface area contributed by atoms with Crippen LogP contribution in [0.25, 0.3) is 11.0 Å². The lowest BCUT2D eigenvalue weighted by molar-refractivity contribution is 0.408. The van der Waals surface area contributed by atoms with E-state index in [4.69, 9.17) is 9.72 Å². The number of fused-ring (bicyclic) bond motifs is 2. The molecule has 1 N–H and O–H groups in total. The molecule has 0 fully saturated rings. The van der Waals surface area contributed by atoms with Crippen molar-refractivity contribution in [2.75, 3.05) is 7.11 Å². The molecule has 0 saturated carbocycles. The summed E-state index contributed by atoms with van der Waals surface area (Å²) in [6, 6.07) is 7.98. The Hall–Kier alpha value is -2.47. The van der Waals surface area contributed by atoms with Gasteiger partial charge in [0, 0.05) is 11.8 Å². The number of nitrogens with zero attached hydrogens (tertiary/aromatic N) is 2. The fourth-order valence-electron chi connectivity index (χ4n) is 3.42. The number of aromatic amines is 1. The maximum Gasteiger partial charge on any atom is 0.133 e. The third kappa shape index (κ3) is 2.26. The van der Waals surface area contributed by atoms with Crippen LogP contribution < -0.4 is 4.74 Å². The number of nitrogens with one attached hydrogen (secondary N) is 1. The summed E-state index contributed by atoms with van der Waals surface area (Å²) in [5, 5.41) is 0. The average molecular weight is 339 g/mol. The summed E-state index contributed by atoms with van der Waals surface area (Å²) >= 11 is 0.545. The highest BCUT2D eigenvalue weighted by atomic mass is 32.1. The number of hydrogen-bond donors (Lipinski definition) is 1. The van der Waals surface area contributed by atoms with Gasteiger partial charge in [-0.2, -0.15) is 0 Å². The van der Waals surface area contributed by atoms with Crippen molar-refractivity contribution in [3.63, 3.8) is 0 Å². The summed E-state index contributed by atoms with van der Waals surface area (Å²) < 4.78 is 17.2. The molecule has 1 aliphatic carbocycles. The Balaban J connectivity index is 1.92. The van der Waals surface area contributed by atoms with Crippen LogP contribution in [-0.4, -0.2) is 31.1 Å². The van der Waals surface area contributed by atoms with E-state index in [-0.39, 0.29) is 5.92 Å². The van der Waals surface area contributed by atoms with Crippen molar-refractivity contribution in [3.05, 3.63) is 53.1 Å². The van der Waals surface area contributed by atoms with Crippen molar-refractivity contribution in [1.29, 1.82) is 0 Å². The zero-order chi connectivity index (χ0) is 16.7. The van der Waals surface area contributed by atoms with Gasteiger partial charge in [-0.25, -0.2) is 9.19 Å². The Morgan fingerprint density at radius 1 is 1.33 bits per heavy atom. The standard InChI is InChI=1S/C18H17N3O2S/c1-10-9-19-16-11(7-8-14(24-22)15(16)17(10)23-2)18-20-12-5-3-4-6-13(12)21-18/h3-6,9,11H,7-8H2,1-2H3,(H,20,21). The third-order valence-corrected chi connectivity index (χ3v) is 5.16. The van der Waals surface area contributed by atoms with Crippen molar-refractivity contribution < 1.29 is 8.95 Å². The van der Waals surface area contributed by atoms with Gasteiger partial charge < -0.3 is 9.72 Å². The first kappa shape index (κ1) is 15.1. The van der Waals surface area contributed by atoms with E-state index in [0.717, 1.165) is 50.7 Å². The van der Waals surface area contributed by atoms with E-state index in [1.54, 1.807) is 7.11 Å². The number of rotatable bonds is 2. The van der Waals surface area contributed by atoms with Crippen LogP contribution in [0.15, 0.2) is 30.5 Å². The Bertz CT molecular complexity index is 956. The van der Waals surface area contributed by atoms with Crippen molar-refractivity contribution in [3.8, 4) is 5.75 Å². The first-order valence-corrected chi connectivity index (χ1v) is 8.61. The first-order valence-electron chi connectivity index (χ1n) is 7.87. The van der Waals surface area contributed by atoms with Gasteiger partial charge in [-0.3, -0.25) is 4.98 Å². The number of methoxy groups -OCH3 is 1. The van der Waals surface area contributed by atoms with E-state index >= 15 is 0 Å². The summed E-state index contributed by atoms with van der Waals surface area (Å²) in [5.74, 6) is 1.68. The first-order chi connectivity index (χ1) is 11.7. The van der Waals surface area contributed by atoms with Crippen LogP contribution >= 0.6 is 0 Å². The molecular weight excluding hydrogens is 322 g/mol. The van der Waals surface area contributed by atoms with Crippen molar-refractivity contribution in [2.45, 2.75) is 25.7 Å². The predicted molar refractivity (Wildman–Crippen MR) is 94.9 cm³/mol. The van der Waals surface area contributed by atoms with Gasteiger partial charge in [0.1, 0.15) is 11.6 Å². The van der Waals surface area contributed by atoms with E-state index in [2.05, 4.69) is 9.97 Å². The monoisotopic (exact) mass is 339 g/mol. The normalized spacial score (nSPS) is 16.9. The number of aromatic nitrogens is 3. The molecule has 2 heterocycles. The van der Waals surface area contributed by atoms with E-state index in [1.165, 1.54) is 0 Å². The minimum atomic E-state index is 0.0396. The molecule has 2 aromatic heterocycles. The Labute approximate surface area is 143 Å². The third-order valence-electron chi connectivity index (χ3n) is 4.55. The second-order valence-electron chi connectivity index (χ2n) is 5.97. The lowest BCUT2D eigenvalue weighted by Gasteiger charge is -2.25. The number of imidazole rings is 1. The van der Waals surface area contributed by atoms with Crippen molar-refractivity contribution in [1.82, 2.24) is 15.0 Å². The SMILES string of the molecule is COc1c(C)cnc2c1C(=S=O)CCC2c1nc2ccccc2[nH]1. The van der Waals surface area contributed by atoms with Gasteiger partial charge in [-0.1, -0.05) is 12.1 Å². The lowest BCUT2D eigenvalue weighted by Crippen LogP contribution is -2.21. The molecule has 0 amide bonds. The molecule has 1 aliphatic rings. The van der Waals surface area contributed by atoms with Gasteiger partial charge in [-0.05, 0) is 31.9 Å². The van der Waals surface area contributed by atoms with Gasteiger partial charge in [0.25, 0.3) is 0 Å². The summed E-state index contributed by atoms with van der Waals surface area (Å²) in [5.41, 5.74) is 4.63. The van der Waals surface area contributed by atoms with E-state index in [0.29, 0.717) is 17.7 Å². The second kappa shape index (κ2) is 5.87. The number of pyridine rings is 1. The number of aryl methyl sites for hydroxylation is 1. The van der Waals surface area contributed by atoms with Gasteiger partial charge in [0.15, 0.2) is 0 Å². The maximum atomic E-state index is 11.6. The minimum absolute atomic E-state index is 0.0396. The smallest absolute Gasteiger partial charge is 0.133 e. The number of benzene rings is 1. The zero-order valence-electron chi connectivity index (χ0n) is 13.5. The Morgan fingerprint density at radius 2 is 2.17 bits per heavy atom. The number of hydrogen-bond acceptors (Lipinski definition) is 4. The van der Waals surface area contributed by atoms with Crippen LogP contribution in [-0.2, 0) is 11.3 Å². The average Bonchev–Trinajstić information content (AvgIpc) is 3.04.